The predicted molar refractivity (Wildman–Crippen MR) is 108 cm³/mol. The number of aryl methyl sites for hydroxylation is 2. The number of rotatable bonds is 4. The average Bonchev–Trinajstić information content (AvgIpc) is 2.97. The van der Waals surface area contributed by atoms with Crippen LogP contribution in [-0.4, -0.2) is 22.0 Å². The third-order valence-electron chi connectivity index (χ3n) is 5.27. The number of nitrogens with one attached hydrogen (secondary N) is 1. The monoisotopic (exact) mass is 384 g/mol. The molecule has 27 heavy (non-hydrogen) atoms. The molecule has 2 atom stereocenters. The molecule has 142 valence electrons. The molecule has 0 aliphatic heterocycles. The Bertz CT molecular complexity index is 912. The van der Waals surface area contributed by atoms with Gasteiger partial charge >= 0.3 is 5.97 Å². The molecule has 0 spiro atoms. The van der Waals surface area contributed by atoms with Crippen LogP contribution in [0.4, 0.5) is 5.13 Å². The first-order valence-corrected chi connectivity index (χ1v) is 9.81. The Morgan fingerprint density at radius 1 is 1.04 bits per heavy atom. The molecular weight excluding hydrogens is 360 g/mol. The number of anilines is 1. The number of hydrogen-bond donors (Lipinski definition) is 2. The van der Waals surface area contributed by atoms with Gasteiger partial charge < -0.3 is 10.4 Å². The molecule has 0 bridgehead atoms. The van der Waals surface area contributed by atoms with Crippen molar-refractivity contribution >= 4 is 28.3 Å². The Kier molecular flexibility index (Phi) is 5.46. The standard InChI is InChI=1S/C21H24N2O3S/c1-11-5-7-15(8-6-11)18-14(4)27-21(22-18)23-19(24)16-9-12(2)13(3)10-17(16)20(25)26/h5-8,16-17H,9-10H2,1-4H3,(H,25,26)(H,22,23,24). The molecule has 2 unspecified atom stereocenters. The third-order valence-corrected chi connectivity index (χ3v) is 6.16. The van der Waals surface area contributed by atoms with Gasteiger partial charge in [-0.3, -0.25) is 9.59 Å². The maximum absolute atomic E-state index is 12.8. The van der Waals surface area contributed by atoms with Crippen molar-refractivity contribution < 1.29 is 14.7 Å². The fourth-order valence-electron chi connectivity index (χ4n) is 3.45. The van der Waals surface area contributed by atoms with Crippen LogP contribution < -0.4 is 5.32 Å². The largest absolute Gasteiger partial charge is 0.481 e. The molecule has 2 N–H and O–H groups in total. The highest BCUT2D eigenvalue weighted by molar-refractivity contribution is 7.16. The molecule has 1 aliphatic carbocycles. The summed E-state index contributed by atoms with van der Waals surface area (Å²) in [4.78, 5) is 30.0. The van der Waals surface area contributed by atoms with E-state index in [0.29, 0.717) is 18.0 Å². The Morgan fingerprint density at radius 2 is 1.63 bits per heavy atom. The number of carboxylic acid groups (broad SMARTS) is 1. The lowest BCUT2D eigenvalue weighted by Crippen LogP contribution is -2.36. The van der Waals surface area contributed by atoms with Crippen LogP contribution in [0.3, 0.4) is 0 Å². The molecule has 0 radical (unpaired) electrons. The van der Waals surface area contributed by atoms with Crippen LogP contribution in [0, 0.1) is 25.7 Å². The number of amides is 1. The number of thiazole rings is 1. The summed E-state index contributed by atoms with van der Waals surface area (Å²) in [5, 5.41) is 12.9. The Hall–Kier alpha value is -2.47. The van der Waals surface area contributed by atoms with Gasteiger partial charge in [0.05, 0.1) is 17.5 Å². The first kappa shape index (κ1) is 19.3. The van der Waals surface area contributed by atoms with E-state index in [1.165, 1.54) is 16.9 Å². The molecule has 1 heterocycles. The number of allylic oxidation sites excluding steroid dienone is 2. The highest BCUT2D eigenvalue weighted by Crippen LogP contribution is 2.36. The summed E-state index contributed by atoms with van der Waals surface area (Å²) in [5.74, 6) is -2.44. The van der Waals surface area contributed by atoms with Gasteiger partial charge in [-0.15, -0.1) is 11.3 Å². The van der Waals surface area contributed by atoms with E-state index < -0.39 is 17.8 Å². The molecule has 0 fully saturated rings. The zero-order valence-electron chi connectivity index (χ0n) is 16.0. The van der Waals surface area contributed by atoms with Crippen LogP contribution in [0.2, 0.25) is 0 Å². The maximum Gasteiger partial charge on any atom is 0.307 e. The van der Waals surface area contributed by atoms with Gasteiger partial charge in [0, 0.05) is 10.4 Å². The SMILES string of the molecule is CC1=C(C)CC(C(=O)Nc2nc(-c3ccc(C)cc3)c(C)s2)C(C(=O)O)C1. The lowest BCUT2D eigenvalue weighted by molar-refractivity contribution is -0.146. The molecule has 0 saturated carbocycles. The van der Waals surface area contributed by atoms with E-state index >= 15 is 0 Å². The summed E-state index contributed by atoms with van der Waals surface area (Å²) >= 11 is 1.41. The van der Waals surface area contributed by atoms with Crippen LogP contribution in [0.5, 0.6) is 0 Å². The number of nitrogens with zero attached hydrogens (tertiary/aromatic N) is 1. The molecule has 3 rings (SSSR count). The van der Waals surface area contributed by atoms with Gasteiger partial charge in [0.15, 0.2) is 5.13 Å². The van der Waals surface area contributed by atoms with E-state index in [-0.39, 0.29) is 5.91 Å². The van der Waals surface area contributed by atoms with Gasteiger partial charge in [-0.25, -0.2) is 4.98 Å². The molecule has 2 aromatic rings. The molecule has 1 aliphatic rings. The minimum atomic E-state index is -0.919. The van der Waals surface area contributed by atoms with E-state index in [9.17, 15) is 14.7 Å². The number of carbonyl (C=O) groups excluding carboxylic acids is 1. The van der Waals surface area contributed by atoms with E-state index in [0.717, 1.165) is 27.3 Å². The van der Waals surface area contributed by atoms with E-state index in [1.807, 2.05) is 52.0 Å². The van der Waals surface area contributed by atoms with Crippen molar-refractivity contribution in [3.8, 4) is 11.3 Å². The molecular formula is C21H24N2O3S. The molecule has 0 saturated heterocycles. The highest BCUT2D eigenvalue weighted by atomic mass is 32.1. The first-order valence-electron chi connectivity index (χ1n) is 8.99. The quantitative estimate of drug-likeness (QED) is 0.741. The topological polar surface area (TPSA) is 79.3 Å². The van der Waals surface area contributed by atoms with Crippen LogP contribution in [0.25, 0.3) is 11.3 Å². The normalized spacial score (nSPS) is 19.9. The molecule has 1 aromatic carbocycles. The summed E-state index contributed by atoms with van der Waals surface area (Å²) < 4.78 is 0. The number of carboxylic acids is 1. The fraction of sp³-hybridized carbons (Fsp3) is 0.381. The Balaban J connectivity index is 1.81. The van der Waals surface area contributed by atoms with Crippen molar-refractivity contribution in [1.29, 1.82) is 0 Å². The lowest BCUT2D eigenvalue weighted by Gasteiger charge is -2.29. The van der Waals surface area contributed by atoms with Gasteiger partial charge in [-0.05, 0) is 40.5 Å². The van der Waals surface area contributed by atoms with Crippen LogP contribution in [0.1, 0.15) is 37.1 Å². The van der Waals surface area contributed by atoms with Crippen LogP contribution >= 0.6 is 11.3 Å². The van der Waals surface area contributed by atoms with Gasteiger partial charge in [0.1, 0.15) is 0 Å². The van der Waals surface area contributed by atoms with Crippen LogP contribution in [-0.2, 0) is 9.59 Å². The second kappa shape index (κ2) is 7.64. The molecule has 1 aromatic heterocycles. The van der Waals surface area contributed by atoms with E-state index in [2.05, 4.69) is 10.3 Å². The number of carbonyl (C=O) groups is 2. The summed E-state index contributed by atoms with van der Waals surface area (Å²) in [7, 11) is 0. The van der Waals surface area contributed by atoms with Crippen molar-refractivity contribution in [3.63, 3.8) is 0 Å². The zero-order valence-corrected chi connectivity index (χ0v) is 16.8. The zero-order chi connectivity index (χ0) is 19.7. The number of aromatic nitrogens is 1. The number of aliphatic carboxylic acids is 1. The third kappa shape index (κ3) is 4.11. The summed E-state index contributed by atoms with van der Waals surface area (Å²) in [5.41, 5.74) is 5.20. The van der Waals surface area contributed by atoms with Crippen molar-refractivity contribution in [1.82, 2.24) is 4.98 Å². The van der Waals surface area contributed by atoms with Crippen LogP contribution in [0.15, 0.2) is 35.4 Å². The van der Waals surface area contributed by atoms with Gasteiger partial charge in [-0.1, -0.05) is 41.0 Å². The first-order chi connectivity index (χ1) is 12.8. The summed E-state index contributed by atoms with van der Waals surface area (Å²) in [6.45, 7) is 7.91. The van der Waals surface area contributed by atoms with Crippen molar-refractivity contribution in [2.45, 2.75) is 40.5 Å². The highest BCUT2D eigenvalue weighted by Gasteiger charge is 2.37. The molecule has 1 amide bonds. The minimum absolute atomic E-state index is 0.265. The summed E-state index contributed by atoms with van der Waals surface area (Å²) in [6.07, 6.45) is 0.897. The van der Waals surface area contributed by atoms with E-state index in [4.69, 9.17) is 0 Å². The number of benzene rings is 1. The van der Waals surface area contributed by atoms with Gasteiger partial charge in [-0.2, -0.15) is 0 Å². The predicted octanol–water partition coefficient (Wildman–Crippen LogP) is 4.81. The Labute approximate surface area is 163 Å². The maximum atomic E-state index is 12.8. The van der Waals surface area contributed by atoms with E-state index in [1.54, 1.807) is 0 Å². The average molecular weight is 385 g/mol. The number of hydrogen-bond acceptors (Lipinski definition) is 4. The second-order valence-corrected chi connectivity index (χ2v) is 8.50. The summed E-state index contributed by atoms with van der Waals surface area (Å²) in [6, 6.07) is 8.09. The second-order valence-electron chi connectivity index (χ2n) is 7.30. The molecule has 5 nitrogen and oxygen atoms in total. The molecule has 6 heteroatoms. The lowest BCUT2D eigenvalue weighted by atomic mass is 9.76. The van der Waals surface area contributed by atoms with Gasteiger partial charge in [0.25, 0.3) is 0 Å². The Morgan fingerprint density at radius 3 is 2.22 bits per heavy atom. The minimum Gasteiger partial charge on any atom is -0.481 e. The smallest absolute Gasteiger partial charge is 0.307 e. The van der Waals surface area contributed by atoms with Crippen molar-refractivity contribution in [2.75, 3.05) is 5.32 Å². The fourth-order valence-corrected chi connectivity index (χ4v) is 4.29. The van der Waals surface area contributed by atoms with Crippen molar-refractivity contribution in [2.24, 2.45) is 11.8 Å². The van der Waals surface area contributed by atoms with Gasteiger partial charge in [0.2, 0.25) is 5.91 Å². The van der Waals surface area contributed by atoms with Crippen molar-refractivity contribution in [3.05, 3.63) is 45.9 Å².